The number of thioether (sulfide) groups is 1. The smallest absolute Gasteiger partial charge is 0.223 e. The lowest BCUT2D eigenvalue weighted by Crippen LogP contribution is -2.23. The Kier molecular flexibility index (Phi) is 4.64. The van der Waals surface area contributed by atoms with E-state index in [1.54, 1.807) is 7.11 Å². The number of nitrogens with zero attached hydrogens (tertiary/aromatic N) is 1. The van der Waals surface area contributed by atoms with E-state index in [2.05, 4.69) is 0 Å². The Morgan fingerprint density at radius 2 is 1.81 bits per heavy atom. The van der Waals surface area contributed by atoms with Crippen LogP contribution in [0.15, 0.2) is 29.2 Å². The van der Waals surface area contributed by atoms with Crippen molar-refractivity contribution in [3.8, 4) is 5.75 Å². The van der Waals surface area contributed by atoms with Crippen molar-refractivity contribution >= 4 is 21.8 Å². The first-order valence-electron chi connectivity index (χ1n) is 4.63. The molecular weight excluding hydrogens is 246 g/mol. The number of hydrogen-bond acceptors (Lipinski definition) is 4. The maximum atomic E-state index is 11.5. The Morgan fingerprint density at radius 1 is 1.25 bits per heavy atom. The molecule has 0 atom stereocenters. The van der Waals surface area contributed by atoms with E-state index in [1.807, 2.05) is 24.3 Å². The van der Waals surface area contributed by atoms with Crippen molar-refractivity contribution in [2.45, 2.75) is 4.90 Å². The molecule has 0 saturated heterocycles. The van der Waals surface area contributed by atoms with E-state index in [1.165, 1.54) is 30.2 Å². The molecule has 6 heteroatoms. The molecule has 1 rings (SSSR count). The summed E-state index contributed by atoms with van der Waals surface area (Å²) < 4.78 is 29.3. The van der Waals surface area contributed by atoms with E-state index in [9.17, 15) is 8.42 Å². The van der Waals surface area contributed by atoms with Crippen LogP contribution in [0.25, 0.3) is 0 Å². The summed E-state index contributed by atoms with van der Waals surface area (Å²) in [6.07, 6.45) is 0. The minimum atomic E-state index is -3.15. The Labute approximate surface area is 101 Å². The van der Waals surface area contributed by atoms with Gasteiger partial charge in [0.15, 0.2) is 0 Å². The van der Waals surface area contributed by atoms with Crippen molar-refractivity contribution in [2.75, 3.05) is 26.3 Å². The lowest BCUT2D eigenvalue weighted by atomic mass is 10.3. The van der Waals surface area contributed by atoms with Gasteiger partial charge in [-0.25, -0.2) is 12.7 Å². The van der Waals surface area contributed by atoms with Crippen LogP contribution in [0.1, 0.15) is 0 Å². The molecule has 1 aromatic carbocycles. The number of hydrogen-bond donors (Lipinski definition) is 0. The first kappa shape index (κ1) is 13.3. The van der Waals surface area contributed by atoms with Crippen LogP contribution < -0.4 is 4.74 Å². The predicted molar refractivity (Wildman–Crippen MR) is 66.3 cm³/mol. The van der Waals surface area contributed by atoms with Crippen LogP contribution >= 0.6 is 11.8 Å². The zero-order chi connectivity index (χ0) is 12.2. The Balaban J connectivity index is 2.62. The van der Waals surface area contributed by atoms with Gasteiger partial charge >= 0.3 is 0 Å². The topological polar surface area (TPSA) is 46.6 Å². The fraction of sp³-hybridized carbons (Fsp3) is 0.400. The Bertz CT molecular complexity index is 426. The van der Waals surface area contributed by atoms with Gasteiger partial charge in [-0.1, -0.05) is 0 Å². The minimum absolute atomic E-state index is 0.0479. The first-order chi connectivity index (χ1) is 7.45. The normalized spacial score (nSPS) is 11.8. The maximum Gasteiger partial charge on any atom is 0.223 e. The monoisotopic (exact) mass is 261 g/mol. The molecule has 0 radical (unpaired) electrons. The molecule has 16 heavy (non-hydrogen) atoms. The molecule has 0 aliphatic heterocycles. The van der Waals surface area contributed by atoms with Gasteiger partial charge in [-0.2, -0.15) is 0 Å². The molecule has 90 valence electrons. The van der Waals surface area contributed by atoms with Crippen LogP contribution in [0, 0.1) is 0 Å². The van der Waals surface area contributed by atoms with Crippen molar-refractivity contribution in [3.05, 3.63) is 24.3 Å². The van der Waals surface area contributed by atoms with Gasteiger partial charge in [0.25, 0.3) is 0 Å². The molecule has 0 heterocycles. The lowest BCUT2D eigenvalue weighted by molar-refractivity contribution is 0.414. The molecule has 0 N–H and O–H groups in total. The number of rotatable bonds is 5. The molecule has 0 aromatic heterocycles. The second kappa shape index (κ2) is 5.56. The van der Waals surface area contributed by atoms with Gasteiger partial charge in [-0.3, -0.25) is 0 Å². The fourth-order valence-electron chi connectivity index (χ4n) is 0.920. The fourth-order valence-corrected chi connectivity index (χ4v) is 3.23. The second-order valence-electron chi connectivity index (χ2n) is 3.33. The molecule has 0 bridgehead atoms. The molecule has 0 aliphatic carbocycles. The van der Waals surface area contributed by atoms with Crippen LogP contribution in [-0.2, 0) is 10.0 Å². The standard InChI is InChI=1S/C10H15NO3S2/c1-11(2)16(12,13)8-15-10-6-4-9(14-3)5-7-10/h4-7H,8H2,1-3H3. The summed E-state index contributed by atoms with van der Waals surface area (Å²) in [4.78, 5) is 0.909. The minimum Gasteiger partial charge on any atom is -0.497 e. The SMILES string of the molecule is COc1ccc(SCS(=O)(=O)N(C)C)cc1. The van der Waals surface area contributed by atoms with Crippen molar-refractivity contribution < 1.29 is 13.2 Å². The Morgan fingerprint density at radius 3 is 2.25 bits per heavy atom. The average molecular weight is 261 g/mol. The molecule has 1 aromatic rings. The summed E-state index contributed by atoms with van der Waals surface area (Å²) in [5.74, 6) is 0.764. The highest BCUT2D eigenvalue weighted by Gasteiger charge is 2.13. The zero-order valence-electron chi connectivity index (χ0n) is 9.50. The van der Waals surface area contributed by atoms with Gasteiger partial charge in [-0.05, 0) is 24.3 Å². The molecule has 0 aliphatic rings. The van der Waals surface area contributed by atoms with E-state index < -0.39 is 10.0 Å². The first-order valence-corrected chi connectivity index (χ1v) is 7.22. The molecule has 0 amide bonds. The van der Waals surface area contributed by atoms with Crippen molar-refractivity contribution in [2.24, 2.45) is 0 Å². The largest absolute Gasteiger partial charge is 0.497 e. The number of sulfonamides is 1. The van der Waals surface area contributed by atoms with Crippen LogP contribution in [0.5, 0.6) is 5.75 Å². The summed E-state index contributed by atoms with van der Waals surface area (Å²) in [5, 5.41) is 0.0479. The van der Waals surface area contributed by atoms with Gasteiger partial charge in [0.2, 0.25) is 10.0 Å². The number of benzene rings is 1. The number of methoxy groups -OCH3 is 1. The summed E-state index contributed by atoms with van der Waals surface area (Å²) >= 11 is 1.29. The van der Waals surface area contributed by atoms with E-state index >= 15 is 0 Å². The summed E-state index contributed by atoms with van der Waals surface area (Å²) in [6.45, 7) is 0. The maximum absolute atomic E-state index is 11.5. The summed E-state index contributed by atoms with van der Waals surface area (Å²) in [6, 6.07) is 7.30. The third kappa shape index (κ3) is 3.70. The molecule has 0 saturated carbocycles. The van der Waals surface area contributed by atoms with E-state index in [-0.39, 0.29) is 5.08 Å². The summed E-state index contributed by atoms with van der Waals surface area (Å²) in [5.41, 5.74) is 0. The lowest BCUT2D eigenvalue weighted by Gasteiger charge is -2.10. The highest BCUT2D eigenvalue weighted by Crippen LogP contribution is 2.22. The van der Waals surface area contributed by atoms with Gasteiger partial charge in [0.05, 0.1) is 7.11 Å². The van der Waals surface area contributed by atoms with Crippen LogP contribution in [0.4, 0.5) is 0 Å². The average Bonchev–Trinajstić information content (AvgIpc) is 2.27. The van der Waals surface area contributed by atoms with Gasteiger partial charge in [-0.15, -0.1) is 11.8 Å². The molecular formula is C10H15NO3S2. The highest BCUT2D eigenvalue weighted by molar-refractivity contribution is 8.11. The molecule has 0 spiro atoms. The van der Waals surface area contributed by atoms with Crippen LogP contribution in [0.2, 0.25) is 0 Å². The zero-order valence-corrected chi connectivity index (χ0v) is 11.1. The van der Waals surface area contributed by atoms with Crippen molar-refractivity contribution in [1.82, 2.24) is 4.31 Å². The second-order valence-corrected chi connectivity index (χ2v) is 6.93. The van der Waals surface area contributed by atoms with Gasteiger partial charge < -0.3 is 4.74 Å². The third-order valence-corrected chi connectivity index (χ3v) is 5.37. The molecule has 0 fully saturated rings. The highest BCUT2D eigenvalue weighted by atomic mass is 32.3. The Hall–Kier alpha value is -0.720. The molecule has 0 unspecified atom stereocenters. The quantitative estimate of drug-likeness (QED) is 0.756. The van der Waals surface area contributed by atoms with E-state index in [0.29, 0.717) is 0 Å². The third-order valence-electron chi connectivity index (χ3n) is 1.99. The van der Waals surface area contributed by atoms with Crippen molar-refractivity contribution in [1.29, 1.82) is 0 Å². The number of ether oxygens (including phenoxy) is 1. The predicted octanol–water partition coefficient (Wildman–Crippen LogP) is 1.64. The van der Waals surface area contributed by atoms with Crippen LogP contribution in [-0.4, -0.2) is 39.0 Å². The van der Waals surface area contributed by atoms with E-state index in [0.717, 1.165) is 10.6 Å². The van der Waals surface area contributed by atoms with E-state index in [4.69, 9.17) is 4.74 Å². The van der Waals surface area contributed by atoms with Crippen LogP contribution in [0.3, 0.4) is 0 Å². The van der Waals surface area contributed by atoms with Crippen molar-refractivity contribution in [3.63, 3.8) is 0 Å². The molecule has 4 nitrogen and oxygen atoms in total. The van der Waals surface area contributed by atoms with Gasteiger partial charge in [0.1, 0.15) is 10.8 Å². The van der Waals surface area contributed by atoms with Gasteiger partial charge in [0, 0.05) is 19.0 Å². The summed E-state index contributed by atoms with van der Waals surface area (Å²) in [7, 11) is 1.51.